The van der Waals surface area contributed by atoms with Gasteiger partial charge < -0.3 is 8.83 Å². The van der Waals surface area contributed by atoms with Gasteiger partial charge in [-0.05, 0) is 35.7 Å². The molecular weight excluding hydrogens is 324 g/mol. The predicted molar refractivity (Wildman–Crippen MR) is 103 cm³/mol. The molecule has 0 N–H and O–H groups in total. The highest BCUT2D eigenvalue weighted by Gasteiger charge is 2.20. The molecule has 0 amide bonds. The van der Waals surface area contributed by atoms with Crippen molar-refractivity contribution in [2.75, 3.05) is 0 Å². The number of pyridine rings is 1. The lowest BCUT2D eigenvalue weighted by atomic mass is 10.00. The average Bonchev–Trinajstić information content (AvgIpc) is 3.20. The van der Waals surface area contributed by atoms with E-state index in [-0.39, 0.29) is 0 Å². The van der Waals surface area contributed by atoms with Gasteiger partial charge in [0, 0.05) is 24.1 Å². The van der Waals surface area contributed by atoms with E-state index in [1.807, 2.05) is 37.4 Å². The molecule has 3 aromatic heterocycles. The third-order valence-electron chi connectivity index (χ3n) is 4.84. The van der Waals surface area contributed by atoms with E-state index >= 15 is 0 Å². The normalized spacial score (nSPS) is 12.0. The molecule has 0 spiro atoms. The van der Waals surface area contributed by atoms with Crippen LogP contribution in [0.15, 0.2) is 57.5 Å². The van der Waals surface area contributed by atoms with Gasteiger partial charge >= 0.3 is 0 Å². The van der Waals surface area contributed by atoms with E-state index in [2.05, 4.69) is 42.0 Å². The second-order valence-corrected chi connectivity index (χ2v) is 6.94. The third kappa shape index (κ3) is 2.15. The third-order valence-corrected chi connectivity index (χ3v) is 4.84. The first kappa shape index (κ1) is 15.1. The van der Waals surface area contributed by atoms with E-state index in [1.165, 1.54) is 5.56 Å². The summed E-state index contributed by atoms with van der Waals surface area (Å²) >= 11 is 0. The van der Waals surface area contributed by atoms with Gasteiger partial charge in [-0.25, -0.2) is 4.98 Å². The van der Waals surface area contributed by atoms with Gasteiger partial charge in [-0.1, -0.05) is 32.0 Å². The summed E-state index contributed by atoms with van der Waals surface area (Å²) in [5.41, 5.74) is 6.31. The lowest BCUT2D eigenvalue weighted by Crippen LogP contribution is -1.91. The monoisotopic (exact) mass is 342 g/mol. The number of nitrogens with zero attached hydrogens (tertiary/aromatic N) is 2. The number of oxazole rings is 1. The number of aryl methyl sites for hydroxylation is 1. The summed E-state index contributed by atoms with van der Waals surface area (Å²) in [5.74, 6) is 1.08. The fourth-order valence-electron chi connectivity index (χ4n) is 3.53. The summed E-state index contributed by atoms with van der Waals surface area (Å²) in [6.45, 7) is 6.23. The maximum absolute atomic E-state index is 6.23. The number of benzene rings is 2. The summed E-state index contributed by atoms with van der Waals surface area (Å²) in [6, 6.07) is 14.2. The van der Waals surface area contributed by atoms with Crippen LogP contribution in [0.2, 0.25) is 0 Å². The molecule has 128 valence electrons. The zero-order valence-corrected chi connectivity index (χ0v) is 14.9. The molecule has 26 heavy (non-hydrogen) atoms. The number of furan rings is 1. The van der Waals surface area contributed by atoms with Gasteiger partial charge in [-0.3, -0.25) is 4.98 Å². The molecule has 3 heterocycles. The van der Waals surface area contributed by atoms with Crippen molar-refractivity contribution in [2.45, 2.75) is 26.7 Å². The van der Waals surface area contributed by atoms with E-state index in [0.717, 1.165) is 44.3 Å². The second kappa shape index (κ2) is 5.43. The van der Waals surface area contributed by atoms with E-state index < -0.39 is 0 Å². The van der Waals surface area contributed by atoms with Gasteiger partial charge in [0.15, 0.2) is 11.5 Å². The Balaban J connectivity index is 1.94. The van der Waals surface area contributed by atoms with Crippen molar-refractivity contribution in [2.24, 2.45) is 0 Å². The van der Waals surface area contributed by atoms with Gasteiger partial charge in [0.25, 0.3) is 0 Å². The van der Waals surface area contributed by atoms with E-state index in [4.69, 9.17) is 8.83 Å². The van der Waals surface area contributed by atoms with Crippen LogP contribution in [0.4, 0.5) is 0 Å². The summed E-state index contributed by atoms with van der Waals surface area (Å²) in [5, 5.41) is 2.03. The largest absolute Gasteiger partial charge is 0.455 e. The van der Waals surface area contributed by atoms with Crippen LogP contribution >= 0.6 is 0 Å². The van der Waals surface area contributed by atoms with Crippen LogP contribution in [0, 0.1) is 6.92 Å². The van der Waals surface area contributed by atoms with Crippen LogP contribution in [-0.2, 0) is 0 Å². The molecule has 0 radical (unpaired) electrons. The van der Waals surface area contributed by atoms with Gasteiger partial charge in [-0.15, -0.1) is 0 Å². The molecule has 4 heteroatoms. The number of hydrogen-bond donors (Lipinski definition) is 0. The molecule has 2 aromatic carbocycles. The quantitative estimate of drug-likeness (QED) is 0.382. The Morgan fingerprint density at radius 3 is 2.65 bits per heavy atom. The Morgan fingerprint density at radius 1 is 0.962 bits per heavy atom. The SMILES string of the molecule is Cc1nc2c(cc(-c3cc(C(C)C)ccn3)c3oc4ccccc4c32)o1. The van der Waals surface area contributed by atoms with Crippen LogP contribution in [0.1, 0.15) is 31.2 Å². The van der Waals surface area contributed by atoms with Gasteiger partial charge in [0.05, 0.1) is 11.1 Å². The first-order valence-electron chi connectivity index (χ1n) is 8.79. The smallest absolute Gasteiger partial charge is 0.192 e. The number of rotatable bonds is 2. The summed E-state index contributed by atoms with van der Waals surface area (Å²) in [7, 11) is 0. The van der Waals surface area contributed by atoms with E-state index in [1.54, 1.807) is 0 Å². The highest BCUT2D eigenvalue weighted by molar-refractivity contribution is 6.20. The van der Waals surface area contributed by atoms with Crippen molar-refractivity contribution in [3.05, 3.63) is 60.1 Å². The summed E-state index contributed by atoms with van der Waals surface area (Å²) in [4.78, 5) is 9.20. The minimum atomic E-state index is 0.430. The van der Waals surface area contributed by atoms with Crippen molar-refractivity contribution in [1.82, 2.24) is 9.97 Å². The lowest BCUT2D eigenvalue weighted by molar-refractivity contribution is 0.561. The zero-order valence-electron chi connectivity index (χ0n) is 14.9. The molecule has 0 atom stereocenters. The molecule has 0 aliphatic carbocycles. The maximum Gasteiger partial charge on any atom is 0.192 e. The van der Waals surface area contributed by atoms with Crippen LogP contribution in [0.3, 0.4) is 0 Å². The minimum absolute atomic E-state index is 0.430. The zero-order chi connectivity index (χ0) is 17.8. The predicted octanol–water partition coefficient (Wildman–Crippen LogP) is 6.22. The molecule has 0 saturated heterocycles. The number of fused-ring (bicyclic) bond motifs is 5. The Bertz CT molecular complexity index is 1280. The summed E-state index contributed by atoms with van der Waals surface area (Å²) < 4.78 is 12.1. The van der Waals surface area contributed by atoms with Crippen molar-refractivity contribution in [1.29, 1.82) is 0 Å². The first-order chi connectivity index (χ1) is 12.6. The Hall–Kier alpha value is -3.14. The van der Waals surface area contributed by atoms with Crippen molar-refractivity contribution >= 4 is 33.0 Å². The maximum atomic E-state index is 6.23. The van der Waals surface area contributed by atoms with Crippen molar-refractivity contribution in [3.8, 4) is 11.3 Å². The molecular formula is C22H18N2O2. The fraction of sp³-hybridized carbons (Fsp3) is 0.182. The van der Waals surface area contributed by atoms with Gasteiger partial charge in [0.1, 0.15) is 16.7 Å². The van der Waals surface area contributed by atoms with Crippen molar-refractivity contribution < 1.29 is 8.83 Å². The Morgan fingerprint density at radius 2 is 1.81 bits per heavy atom. The minimum Gasteiger partial charge on any atom is -0.455 e. The molecule has 5 aromatic rings. The standard InChI is InChI=1S/C22H18N2O2/c1-12(2)14-8-9-23-17(10-14)16-11-19-21(24-13(3)25-19)20-15-6-4-5-7-18(15)26-22(16)20/h4-12H,1-3H3. The number of aromatic nitrogens is 2. The molecule has 4 nitrogen and oxygen atoms in total. The van der Waals surface area contributed by atoms with Crippen LogP contribution < -0.4 is 0 Å². The molecule has 0 saturated carbocycles. The van der Waals surface area contributed by atoms with Crippen LogP contribution in [0.5, 0.6) is 0 Å². The van der Waals surface area contributed by atoms with Crippen LogP contribution in [-0.4, -0.2) is 9.97 Å². The molecule has 0 aliphatic rings. The Labute approximate surface area is 150 Å². The molecule has 5 rings (SSSR count). The van der Waals surface area contributed by atoms with Gasteiger partial charge in [-0.2, -0.15) is 0 Å². The van der Waals surface area contributed by atoms with Crippen LogP contribution in [0.25, 0.3) is 44.3 Å². The molecule has 0 aliphatic heterocycles. The van der Waals surface area contributed by atoms with Crippen molar-refractivity contribution in [3.63, 3.8) is 0 Å². The topological polar surface area (TPSA) is 52.1 Å². The van der Waals surface area contributed by atoms with E-state index in [0.29, 0.717) is 11.8 Å². The fourth-order valence-corrected chi connectivity index (χ4v) is 3.53. The molecule has 0 unspecified atom stereocenters. The number of hydrogen-bond acceptors (Lipinski definition) is 4. The van der Waals surface area contributed by atoms with E-state index in [9.17, 15) is 0 Å². The van der Waals surface area contributed by atoms with Gasteiger partial charge in [0.2, 0.25) is 0 Å². The molecule has 0 bridgehead atoms. The highest BCUT2D eigenvalue weighted by Crippen LogP contribution is 2.40. The lowest BCUT2D eigenvalue weighted by Gasteiger charge is -2.08. The number of para-hydroxylation sites is 1. The molecule has 0 fully saturated rings. The first-order valence-corrected chi connectivity index (χ1v) is 8.79. The second-order valence-electron chi connectivity index (χ2n) is 6.94. The summed E-state index contributed by atoms with van der Waals surface area (Å²) in [6.07, 6.45) is 1.86. The average molecular weight is 342 g/mol. The Kier molecular flexibility index (Phi) is 3.16. The highest BCUT2D eigenvalue weighted by atomic mass is 16.3.